The Labute approximate surface area is 264 Å². The molecular formula is C34H33FN8O3. The molecule has 1 unspecified atom stereocenters. The third kappa shape index (κ3) is 5.98. The molecule has 0 saturated carbocycles. The number of imide groups is 1. The predicted octanol–water partition coefficient (Wildman–Crippen LogP) is 5.06. The predicted molar refractivity (Wildman–Crippen MR) is 171 cm³/mol. The number of fused-ring (bicyclic) bond motifs is 1. The average molecular weight is 621 g/mol. The smallest absolute Gasteiger partial charge is 0.249 e. The van der Waals surface area contributed by atoms with Crippen molar-refractivity contribution in [2.24, 2.45) is 0 Å². The molecule has 2 fully saturated rings. The number of nitrogen functional groups attached to an aromatic ring is 1. The van der Waals surface area contributed by atoms with E-state index in [2.05, 4.69) is 25.5 Å². The number of nitrogens with two attached hydrogens (primary N) is 1. The second-order valence-corrected chi connectivity index (χ2v) is 11.6. The Morgan fingerprint density at radius 3 is 2.46 bits per heavy atom. The monoisotopic (exact) mass is 620 g/mol. The van der Waals surface area contributed by atoms with Crippen LogP contribution < -0.4 is 21.1 Å². The van der Waals surface area contributed by atoms with Crippen molar-refractivity contribution in [1.82, 2.24) is 30.0 Å². The number of aromatic nitrogens is 4. The molecule has 2 saturated heterocycles. The van der Waals surface area contributed by atoms with E-state index in [0.29, 0.717) is 46.9 Å². The van der Waals surface area contributed by atoms with Crippen molar-refractivity contribution in [3.63, 3.8) is 0 Å². The van der Waals surface area contributed by atoms with Gasteiger partial charge in [0, 0.05) is 31.6 Å². The van der Waals surface area contributed by atoms with Gasteiger partial charge in [-0.05, 0) is 67.3 Å². The second kappa shape index (κ2) is 12.6. The lowest BCUT2D eigenvalue weighted by molar-refractivity contribution is -0.133. The summed E-state index contributed by atoms with van der Waals surface area (Å²) in [4.78, 5) is 35.0. The van der Waals surface area contributed by atoms with Gasteiger partial charge in [0.15, 0.2) is 5.65 Å². The lowest BCUT2D eigenvalue weighted by Gasteiger charge is -2.33. The lowest BCUT2D eigenvalue weighted by atomic mass is 10.0. The molecule has 11 nitrogen and oxygen atoms in total. The molecule has 1 atom stereocenters. The van der Waals surface area contributed by atoms with Gasteiger partial charge in [0.1, 0.15) is 41.2 Å². The number of para-hydroxylation sites is 2. The summed E-state index contributed by atoms with van der Waals surface area (Å²) < 4.78 is 22.9. The molecule has 2 aliphatic heterocycles. The van der Waals surface area contributed by atoms with Crippen LogP contribution in [0.1, 0.15) is 37.3 Å². The zero-order chi connectivity index (χ0) is 31.6. The number of hydrogen-bond donors (Lipinski definition) is 3. The maximum Gasteiger partial charge on any atom is 0.249 e. The molecule has 4 heterocycles. The number of carbonyl (C=O) groups is 2. The number of ether oxygens (including phenoxy) is 1. The average Bonchev–Trinajstić information content (AvgIpc) is 3.46. The Bertz CT molecular complexity index is 1890. The zero-order valence-corrected chi connectivity index (χ0v) is 25.0. The van der Waals surface area contributed by atoms with E-state index in [1.54, 1.807) is 6.07 Å². The lowest BCUT2D eigenvalue weighted by Crippen LogP contribution is -2.47. The van der Waals surface area contributed by atoms with Crippen LogP contribution in [0.2, 0.25) is 0 Å². The summed E-state index contributed by atoms with van der Waals surface area (Å²) >= 11 is 0. The summed E-state index contributed by atoms with van der Waals surface area (Å²) in [6.07, 6.45) is 3.61. The van der Waals surface area contributed by atoms with E-state index in [4.69, 9.17) is 15.6 Å². The summed E-state index contributed by atoms with van der Waals surface area (Å²) in [6.45, 7) is 2.02. The highest BCUT2D eigenvalue weighted by Gasteiger charge is 2.29. The highest BCUT2D eigenvalue weighted by molar-refractivity contribution is 6.01. The Hall–Kier alpha value is -5.36. The molecule has 0 radical (unpaired) electrons. The summed E-state index contributed by atoms with van der Waals surface area (Å²) in [6, 6.07) is 21.7. The number of carbonyl (C=O) groups excluding carboxylic acids is 2. The summed E-state index contributed by atoms with van der Waals surface area (Å²) in [7, 11) is 0. The van der Waals surface area contributed by atoms with Crippen molar-refractivity contribution < 1.29 is 18.7 Å². The molecule has 12 heteroatoms. The molecule has 3 aromatic carbocycles. The van der Waals surface area contributed by atoms with Gasteiger partial charge in [0.25, 0.3) is 0 Å². The van der Waals surface area contributed by atoms with Gasteiger partial charge >= 0.3 is 0 Å². The van der Waals surface area contributed by atoms with Crippen LogP contribution in [0.15, 0.2) is 79.1 Å². The number of benzene rings is 3. The largest absolute Gasteiger partial charge is 0.457 e. The van der Waals surface area contributed by atoms with Crippen LogP contribution in [-0.4, -0.2) is 55.6 Å². The van der Waals surface area contributed by atoms with Gasteiger partial charge in [0.05, 0.1) is 17.1 Å². The molecular weight excluding hydrogens is 587 g/mol. The second-order valence-electron chi connectivity index (χ2n) is 11.6. The number of halogens is 1. The highest BCUT2D eigenvalue weighted by atomic mass is 19.1. The first-order chi connectivity index (χ1) is 22.4. The van der Waals surface area contributed by atoms with E-state index >= 15 is 0 Å². The molecule has 2 amide bonds. The van der Waals surface area contributed by atoms with Gasteiger partial charge in [-0.25, -0.2) is 19.0 Å². The molecule has 2 aromatic heterocycles. The van der Waals surface area contributed by atoms with E-state index in [-0.39, 0.29) is 18.4 Å². The fraction of sp³-hybridized carbons (Fsp3) is 0.265. The molecule has 5 aromatic rings. The first-order valence-corrected chi connectivity index (χ1v) is 15.3. The van der Waals surface area contributed by atoms with Gasteiger partial charge in [-0.1, -0.05) is 30.3 Å². The van der Waals surface area contributed by atoms with E-state index in [1.807, 2.05) is 65.3 Å². The molecule has 4 N–H and O–H groups in total. The molecule has 2 aliphatic rings. The summed E-state index contributed by atoms with van der Waals surface area (Å²) in [5.74, 6) is 0.674. The normalized spacial score (nSPS) is 17.6. The summed E-state index contributed by atoms with van der Waals surface area (Å²) in [5, 5.41) is 11.1. The standard InChI is InChI=1S/C34H33FN8O3/c35-26-8-4-5-22(30(26)39-27-13-14-28(44)40-34(27)45)19-42-17-15-23(16-18-42)43-33-29(32(36)37-20-38-33)31(41-43)21-9-11-25(12-10-21)46-24-6-2-1-3-7-24/h1-12,20,23,27,39H,13-19H2,(H2,36,37,38)(H,40,44,45). The topological polar surface area (TPSA) is 140 Å². The number of anilines is 2. The molecule has 234 valence electrons. The molecule has 46 heavy (non-hydrogen) atoms. The van der Waals surface area contributed by atoms with Crippen molar-refractivity contribution in [3.8, 4) is 22.8 Å². The van der Waals surface area contributed by atoms with Gasteiger partial charge in [0.2, 0.25) is 11.8 Å². The third-order valence-electron chi connectivity index (χ3n) is 8.58. The van der Waals surface area contributed by atoms with Crippen molar-refractivity contribution in [2.45, 2.75) is 44.3 Å². The number of rotatable bonds is 8. The van der Waals surface area contributed by atoms with Crippen LogP contribution >= 0.6 is 0 Å². The van der Waals surface area contributed by atoms with Gasteiger partial charge < -0.3 is 15.8 Å². The van der Waals surface area contributed by atoms with Gasteiger partial charge in [-0.15, -0.1) is 0 Å². The minimum absolute atomic E-state index is 0.0797. The van der Waals surface area contributed by atoms with E-state index in [1.165, 1.54) is 12.4 Å². The van der Waals surface area contributed by atoms with E-state index in [0.717, 1.165) is 42.8 Å². The van der Waals surface area contributed by atoms with Crippen LogP contribution in [-0.2, 0) is 16.1 Å². The van der Waals surface area contributed by atoms with Crippen molar-refractivity contribution in [3.05, 3.63) is 90.5 Å². The minimum atomic E-state index is -0.664. The number of hydrogen-bond acceptors (Lipinski definition) is 9. The van der Waals surface area contributed by atoms with Crippen molar-refractivity contribution in [2.75, 3.05) is 24.1 Å². The fourth-order valence-corrected chi connectivity index (χ4v) is 6.19. The Balaban J connectivity index is 1.07. The van der Waals surface area contributed by atoms with Crippen LogP contribution in [0.4, 0.5) is 15.9 Å². The van der Waals surface area contributed by atoms with Crippen LogP contribution in [0.5, 0.6) is 11.5 Å². The van der Waals surface area contributed by atoms with Crippen LogP contribution in [0.25, 0.3) is 22.3 Å². The number of piperidine rings is 2. The van der Waals surface area contributed by atoms with E-state index < -0.39 is 17.8 Å². The van der Waals surface area contributed by atoms with Crippen molar-refractivity contribution >= 4 is 34.4 Å². The van der Waals surface area contributed by atoms with Gasteiger partial charge in [-0.3, -0.25) is 19.8 Å². The van der Waals surface area contributed by atoms with Gasteiger partial charge in [-0.2, -0.15) is 5.10 Å². The maximum atomic E-state index is 15.0. The molecule has 7 rings (SSSR count). The molecule has 0 spiro atoms. The number of amides is 2. The highest BCUT2D eigenvalue weighted by Crippen LogP contribution is 2.36. The summed E-state index contributed by atoms with van der Waals surface area (Å²) in [5.41, 5.74) is 9.71. The van der Waals surface area contributed by atoms with Crippen molar-refractivity contribution in [1.29, 1.82) is 0 Å². The number of nitrogens with one attached hydrogen (secondary N) is 2. The van der Waals surface area contributed by atoms with Crippen LogP contribution in [0.3, 0.4) is 0 Å². The molecule has 0 bridgehead atoms. The SMILES string of the molecule is Nc1ncnc2c1c(-c1ccc(Oc3ccccc3)cc1)nn2C1CCN(Cc2cccc(F)c2NC2CCC(=O)NC2=O)CC1. The molecule has 0 aliphatic carbocycles. The Morgan fingerprint density at radius 2 is 1.70 bits per heavy atom. The quantitative estimate of drug-likeness (QED) is 0.203. The van der Waals surface area contributed by atoms with E-state index in [9.17, 15) is 14.0 Å². The Morgan fingerprint density at radius 1 is 0.935 bits per heavy atom. The number of likely N-dealkylation sites (tertiary alicyclic amines) is 1. The fourth-order valence-electron chi connectivity index (χ4n) is 6.19. The number of nitrogens with zero attached hydrogens (tertiary/aromatic N) is 5. The van der Waals surface area contributed by atoms with Crippen LogP contribution in [0, 0.1) is 5.82 Å². The zero-order valence-electron chi connectivity index (χ0n) is 25.0. The first-order valence-electron chi connectivity index (χ1n) is 15.3. The Kier molecular flexibility index (Phi) is 8.02. The first kappa shape index (κ1) is 29.4. The maximum absolute atomic E-state index is 15.0. The minimum Gasteiger partial charge on any atom is -0.457 e. The third-order valence-corrected chi connectivity index (χ3v) is 8.58.